The molecule has 0 spiro atoms. The Hall–Kier alpha value is -1.74. The van der Waals surface area contributed by atoms with Crippen molar-refractivity contribution in [2.24, 2.45) is 0 Å². The maximum Gasteiger partial charge on any atom is 0.283 e. The van der Waals surface area contributed by atoms with Crippen molar-refractivity contribution in [1.82, 2.24) is 19.7 Å². The maximum atomic E-state index is 10.7. The van der Waals surface area contributed by atoms with Crippen LogP contribution >= 0.6 is 0 Å². The van der Waals surface area contributed by atoms with Crippen LogP contribution in [0.2, 0.25) is 0 Å². The van der Waals surface area contributed by atoms with Crippen LogP contribution in [0.15, 0.2) is 23.3 Å². The Bertz CT molecular complexity index is 543. The molecule has 0 bridgehead atoms. The van der Waals surface area contributed by atoms with Gasteiger partial charge < -0.3 is 9.09 Å². The first kappa shape index (κ1) is 9.80. The molecule has 15 heavy (non-hydrogen) atoms. The lowest BCUT2D eigenvalue weighted by atomic mass is 10.6. The average Bonchev–Trinajstić information content (AvgIpc) is 2.68. The molecule has 0 atom stereocenters. The fraction of sp³-hybridized carbons (Fsp3) is 0.167. The molecule has 0 saturated heterocycles. The summed E-state index contributed by atoms with van der Waals surface area (Å²) < 4.78 is 35.7. The van der Waals surface area contributed by atoms with E-state index in [2.05, 4.69) is 19.6 Å². The highest BCUT2D eigenvalue weighted by Crippen LogP contribution is 2.12. The summed E-state index contributed by atoms with van der Waals surface area (Å²) in [6.07, 6.45) is 3.86. The highest BCUT2D eigenvalue weighted by Gasteiger charge is 2.14. The fourth-order valence-electron chi connectivity index (χ4n) is 1.06. The molecule has 2 heterocycles. The van der Waals surface area contributed by atoms with Gasteiger partial charge in [0.1, 0.15) is 0 Å². The van der Waals surface area contributed by atoms with Gasteiger partial charge in [0.15, 0.2) is 11.7 Å². The van der Waals surface area contributed by atoms with Crippen LogP contribution in [-0.4, -0.2) is 32.7 Å². The minimum absolute atomic E-state index is 0.156. The largest absolute Gasteiger partial charge is 0.342 e. The van der Waals surface area contributed by atoms with Crippen molar-refractivity contribution in [3.63, 3.8) is 0 Å². The minimum atomic E-state index is -4.12. The molecule has 2 aromatic heterocycles. The first-order valence-corrected chi connectivity index (χ1v) is 5.40. The highest BCUT2D eigenvalue weighted by atomic mass is 32.2. The number of hydrogen-bond acceptors (Lipinski definition) is 6. The molecule has 0 saturated carbocycles. The summed E-state index contributed by atoms with van der Waals surface area (Å²) in [5, 5.41) is 3.50. The zero-order chi connectivity index (χ0) is 10.9. The third-order valence-corrected chi connectivity index (χ3v) is 2.18. The smallest absolute Gasteiger partial charge is 0.283 e. The average molecular weight is 230 g/mol. The van der Waals surface area contributed by atoms with E-state index in [1.165, 1.54) is 17.0 Å². The van der Waals surface area contributed by atoms with Crippen LogP contribution in [-0.2, 0) is 16.0 Å². The molecular formula is C6H6N4O4S. The van der Waals surface area contributed by atoms with Gasteiger partial charge in [-0.15, -0.1) is 0 Å². The molecular weight excluding hydrogens is 224 g/mol. The van der Waals surface area contributed by atoms with E-state index in [1.54, 1.807) is 0 Å². The monoisotopic (exact) mass is 230 g/mol. The second-order valence-electron chi connectivity index (χ2n) is 2.69. The summed E-state index contributed by atoms with van der Waals surface area (Å²) in [6.45, 7) is 0. The van der Waals surface area contributed by atoms with Crippen LogP contribution < -0.4 is 0 Å². The Morgan fingerprint density at radius 2 is 2.27 bits per heavy atom. The molecule has 0 fully saturated rings. The Labute approximate surface area is 84.3 Å². The normalized spacial score (nSPS) is 11.8. The molecule has 80 valence electrons. The molecule has 0 amide bonds. The molecule has 0 aliphatic carbocycles. The number of imidazole rings is 1. The van der Waals surface area contributed by atoms with Crippen LogP contribution in [0.3, 0.4) is 0 Å². The van der Waals surface area contributed by atoms with Gasteiger partial charge in [0.2, 0.25) is 12.2 Å². The van der Waals surface area contributed by atoms with Gasteiger partial charge in [-0.3, -0.25) is 4.55 Å². The van der Waals surface area contributed by atoms with Crippen molar-refractivity contribution >= 4 is 10.1 Å². The van der Waals surface area contributed by atoms with Crippen LogP contribution in [0, 0.1) is 0 Å². The Morgan fingerprint density at radius 3 is 2.87 bits per heavy atom. The highest BCUT2D eigenvalue weighted by molar-refractivity contribution is 7.84. The summed E-state index contributed by atoms with van der Waals surface area (Å²) in [6, 6.07) is 0. The van der Waals surface area contributed by atoms with E-state index in [9.17, 15) is 8.42 Å². The molecule has 0 radical (unpaired) electrons. The standard InChI is InChI=1S/C6H6N4O4S/c11-15(12,13)4-10-2-1-7-6(10)5-8-3-14-9-5/h1-3H,4H2,(H,11,12,13). The summed E-state index contributed by atoms with van der Waals surface area (Å²) in [5.74, 6) is -0.235. The van der Waals surface area contributed by atoms with Crippen molar-refractivity contribution in [3.8, 4) is 11.6 Å². The zero-order valence-corrected chi connectivity index (χ0v) is 8.12. The summed E-state index contributed by atoms with van der Waals surface area (Å²) in [7, 11) is -4.12. The number of hydrogen-bond donors (Lipinski definition) is 1. The van der Waals surface area contributed by atoms with E-state index < -0.39 is 16.0 Å². The topological polar surface area (TPSA) is 111 Å². The van der Waals surface area contributed by atoms with Gasteiger partial charge in [-0.05, 0) is 0 Å². The van der Waals surface area contributed by atoms with Gasteiger partial charge in [0.05, 0.1) is 0 Å². The van der Waals surface area contributed by atoms with E-state index in [-0.39, 0.29) is 11.6 Å². The van der Waals surface area contributed by atoms with E-state index in [0.717, 1.165) is 6.39 Å². The van der Waals surface area contributed by atoms with Crippen molar-refractivity contribution in [2.75, 3.05) is 0 Å². The summed E-state index contributed by atoms with van der Waals surface area (Å²) in [5.41, 5.74) is 0. The number of rotatable bonds is 3. The van der Waals surface area contributed by atoms with Gasteiger partial charge in [-0.1, -0.05) is 5.16 Å². The molecule has 1 N–H and O–H groups in total. The van der Waals surface area contributed by atoms with E-state index >= 15 is 0 Å². The van der Waals surface area contributed by atoms with Crippen molar-refractivity contribution in [3.05, 3.63) is 18.8 Å². The van der Waals surface area contributed by atoms with E-state index in [4.69, 9.17) is 4.55 Å². The first-order valence-electron chi connectivity index (χ1n) is 3.79. The maximum absolute atomic E-state index is 10.7. The lowest BCUT2D eigenvalue weighted by Gasteiger charge is -2.01. The number of nitrogens with zero attached hydrogens (tertiary/aromatic N) is 4. The Kier molecular flexibility index (Phi) is 2.25. The molecule has 2 aromatic rings. The van der Waals surface area contributed by atoms with Gasteiger partial charge in [-0.25, -0.2) is 4.98 Å². The third-order valence-electron chi connectivity index (χ3n) is 1.58. The van der Waals surface area contributed by atoms with Crippen LogP contribution in [0.5, 0.6) is 0 Å². The Morgan fingerprint density at radius 1 is 1.47 bits per heavy atom. The van der Waals surface area contributed by atoms with Crippen molar-refractivity contribution in [2.45, 2.75) is 5.88 Å². The SMILES string of the molecule is O=S(=O)(O)Cn1ccnc1-c1ncon1. The van der Waals surface area contributed by atoms with E-state index in [0.29, 0.717) is 0 Å². The van der Waals surface area contributed by atoms with E-state index in [1.807, 2.05) is 0 Å². The summed E-state index contributed by atoms with van der Waals surface area (Å²) >= 11 is 0. The van der Waals surface area contributed by atoms with Crippen LogP contribution in [0.25, 0.3) is 11.6 Å². The second-order valence-corrected chi connectivity index (χ2v) is 4.11. The predicted molar refractivity (Wildman–Crippen MR) is 47.1 cm³/mol. The quantitative estimate of drug-likeness (QED) is 0.725. The summed E-state index contributed by atoms with van der Waals surface area (Å²) in [4.78, 5) is 7.56. The second kappa shape index (κ2) is 3.44. The lowest BCUT2D eigenvalue weighted by molar-refractivity contribution is 0.418. The first-order chi connectivity index (χ1) is 7.06. The Balaban J connectivity index is 2.39. The minimum Gasteiger partial charge on any atom is -0.342 e. The van der Waals surface area contributed by atoms with Crippen LogP contribution in [0.4, 0.5) is 0 Å². The van der Waals surface area contributed by atoms with Gasteiger partial charge in [0, 0.05) is 12.4 Å². The van der Waals surface area contributed by atoms with Gasteiger partial charge in [0.25, 0.3) is 10.1 Å². The molecule has 0 unspecified atom stereocenters. The van der Waals surface area contributed by atoms with Gasteiger partial charge in [-0.2, -0.15) is 13.4 Å². The molecule has 0 aliphatic rings. The number of aromatic nitrogens is 4. The van der Waals surface area contributed by atoms with Crippen LogP contribution in [0.1, 0.15) is 0 Å². The fourth-order valence-corrected chi connectivity index (χ4v) is 1.62. The third kappa shape index (κ3) is 2.19. The predicted octanol–water partition coefficient (Wildman–Crippen LogP) is -0.222. The van der Waals surface area contributed by atoms with Crippen molar-refractivity contribution < 1.29 is 17.5 Å². The molecule has 2 rings (SSSR count). The van der Waals surface area contributed by atoms with Crippen molar-refractivity contribution in [1.29, 1.82) is 0 Å². The molecule has 9 heteroatoms. The lowest BCUT2D eigenvalue weighted by Crippen LogP contribution is -2.10. The zero-order valence-electron chi connectivity index (χ0n) is 7.31. The molecule has 0 aliphatic heterocycles. The van der Waals surface area contributed by atoms with Gasteiger partial charge >= 0.3 is 0 Å². The molecule has 0 aromatic carbocycles. The molecule has 8 nitrogen and oxygen atoms in total.